The van der Waals surface area contributed by atoms with Crippen molar-refractivity contribution >= 4 is 41.1 Å². The van der Waals surface area contributed by atoms with Crippen LogP contribution in [0.15, 0.2) is 76.9 Å². The highest BCUT2D eigenvalue weighted by molar-refractivity contribution is 6.30. The molecule has 0 spiro atoms. The van der Waals surface area contributed by atoms with Crippen LogP contribution in [0.25, 0.3) is 0 Å². The number of hydrogen-bond acceptors (Lipinski definition) is 5. The molecule has 3 heterocycles. The van der Waals surface area contributed by atoms with E-state index in [4.69, 9.17) is 16.3 Å². The number of nitrogens with zero attached hydrogens (tertiary/aromatic N) is 4. The Hall–Kier alpha value is -3.62. The Kier molecular flexibility index (Phi) is 7.34. The fourth-order valence-corrected chi connectivity index (χ4v) is 4.57. The average molecular weight is 506 g/mol. The van der Waals surface area contributed by atoms with Gasteiger partial charge in [-0.05, 0) is 48.4 Å². The molecule has 0 saturated carbocycles. The molecule has 1 atom stereocenters. The first kappa shape index (κ1) is 24.1. The summed E-state index contributed by atoms with van der Waals surface area (Å²) in [4.78, 5) is 34.5. The van der Waals surface area contributed by atoms with Crippen LogP contribution in [0.5, 0.6) is 5.75 Å². The van der Waals surface area contributed by atoms with Crippen LogP contribution in [0.3, 0.4) is 0 Å². The minimum atomic E-state index is -0.329. The molecule has 3 aliphatic rings. The number of nitrogens with one attached hydrogen (secondary N) is 1. The van der Waals surface area contributed by atoms with E-state index in [0.29, 0.717) is 23.0 Å². The molecule has 2 aromatic rings. The minimum Gasteiger partial charge on any atom is -0.470 e. The average Bonchev–Trinajstić information content (AvgIpc) is 2.83. The van der Waals surface area contributed by atoms with Crippen molar-refractivity contribution in [3.63, 3.8) is 0 Å². The lowest BCUT2D eigenvalue weighted by molar-refractivity contribution is -0.108. The number of anilines is 2. The molecule has 1 saturated heterocycles. The second kappa shape index (κ2) is 11.0. The number of amides is 3. The maximum Gasteiger partial charge on any atom is 0.326 e. The van der Waals surface area contributed by atoms with Crippen molar-refractivity contribution in [1.82, 2.24) is 9.80 Å². The molecule has 8 nitrogen and oxygen atoms in total. The van der Waals surface area contributed by atoms with Gasteiger partial charge in [0.05, 0.1) is 18.3 Å². The van der Waals surface area contributed by atoms with Crippen molar-refractivity contribution in [2.24, 2.45) is 4.99 Å². The van der Waals surface area contributed by atoms with Gasteiger partial charge in [-0.25, -0.2) is 4.79 Å². The van der Waals surface area contributed by atoms with Crippen LogP contribution in [-0.4, -0.2) is 60.9 Å². The number of allylic oxidation sites excluding steroid dienone is 2. The number of para-hydroxylation sites is 2. The molecule has 3 amide bonds. The van der Waals surface area contributed by atoms with Crippen molar-refractivity contribution < 1.29 is 14.3 Å². The Morgan fingerprint density at radius 1 is 1.19 bits per heavy atom. The van der Waals surface area contributed by atoms with Crippen LogP contribution in [0.1, 0.15) is 24.4 Å². The summed E-state index contributed by atoms with van der Waals surface area (Å²) in [5, 5.41) is 3.42. The molecule has 3 aliphatic heterocycles. The lowest BCUT2D eigenvalue weighted by Crippen LogP contribution is -2.45. The highest BCUT2D eigenvalue weighted by atomic mass is 35.5. The fraction of sp³-hybridized carbons (Fsp3) is 0.296. The summed E-state index contributed by atoms with van der Waals surface area (Å²) >= 11 is 6.04. The van der Waals surface area contributed by atoms with Gasteiger partial charge in [0.15, 0.2) is 6.73 Å². The highest BCUT2D eigenvalue weighted by Crippen LogP contribution is 2.32. The first-order chi connectivity index (χ1) is 17.6. The molecular weight excluding hydrogens is 478 g/mol. The largest absolute Gasteiger partial charge is 0.470 e. The van der Waals surface area contributed by atoms with Gasteiger partial charge >= 0.3 is 6.03 Å². The Balaban J connectivity index is 1.24. The number of halogens is 1. The Labute approximate surface area is 215 Å². The molecule has 1 unspecified atom stereocenters. The number of carbonyl (C=O) groups excluding carboxylic acids is 2. The third kappa shape index (κ3) is 5.29. The van der Waals surface area contributed by atoms with Crippen molar-refractivity contribution in [1.29, 1.82) is 0 Å². The van der Waals surface area contributed by atoms with E-state index in [0.717, 1.165) is 38.2 Å². The van der Waals surface area contributed by atoms with E-state index in [2.05, 4.69) is 27.3 Å². The zero-order valence-electron chi connectivity index (χ0n) is 19.8. The van der Waals surface area contributed by atoms with Gasteiger partial charge in [-0.3, -0.25) is 24.5 Å². The summed E-state index contributed by atoms with van der Waals surface area (Å²) in [7, 11) is 0. The number of likely N-dealkylation sites (tertiary alicyclic amines) is 1. The molecule has 0 bridgehead atoms. The number of carbonyl (C=O) groups is 2. The molecule has 1 fully saturated rings. The predicted octanol–water partition coefficient (Wildman–Crippen LogP) is 4.76. The monoisotopic (exact) mass is 505 g/mol. The molecule has 0 aliphatic carbocycles. The molecular formula is C27H28ClN5O3. The SMILES string of the molecule is O=CN(COc1ccccc1NC(=O)N1C=CC=C(Cl)C1)c1ccc(C(C2=NCC2)N2CCC2)cc1. The summed E-state index contributed by atoms with van der Waals surface area (Å²) in [6, 6.07) is 15.0. The second-order valence-corrected chi connectivity index (χ2v) is 9.35. The number of rotatable bonds is 9. The van der Waals surface area contributed by atoms with Gasteiger partial charge in [0.1, 0.15) is 5.75 Å². The third-order valence-corrected chi connectivity index (χ3v) is 6.78. The summed E-state index contributed by atoms with van der Waals surface area (Å²) < 4.78 is 5.94. The van der Waals surface area contributed by atoms with Crippen molar-refractivity contribution in [3.05, 3.63) is 77.5 Å². The summed E-state index contributed by atoms with van der Waals surface area (Å²) in [6.07, 6.45) is 8.13. The Morgan fingerprint density at radius 2 is 1.97 bits per heavy atom. The van der Waals surface area contributed by atoms with Crippen LogP contribution in [-0.2, 0) is 4.79 Å². The zero-order chi connectivity index (χ0) is 24.9. The first-order valence-electron chi connectivity index (χ1n) is 12.0. The quantitative estimate of drug-likeness (QED) is 0.393. The van der Waals surface area contributed by atoms with Crippen molar-refractivity contribution in [2.45, 2.75) is 18.9 Å². The van der Waals surface area contributed by atoms with Gasteiger partial charge in [-0.15, -0.1) is 0 Å². The van der Waals surface area contributed by atoms with Gasteiger partial charge in [-0.1, -0.05) is 35.9 Å². The molecule has 0 aromatic heterocycles. The van der Waals surface area contributed by atoms with Gasteiger partial charge in [0.25, 0.3) is 0 Å². The van der Waals surface area contributed by atoms with Crippen LogP contribution in [0.4, 0.5) is 16.2 Å². The van der Waals surface area contributed by atoms with Gasteiger partial charge < -0.3 is 10.1 Å². The third-order valence-electron chi connectivity index (χ3n) is 6.54. The van der Waals surface area contributed by atoms with Crippen molar-refractivity contribution in [2.75, 3.05) is 43.1 Å². The number of hydrogen-bond donors (Lipinski definition) is 1. The first-order valence-corrected chi connectivity index (χ1v) is 12.4. The molecule has 0 radical (unpaired) electrons. The Morgan fingerprint density at radius 3 is 2.61 bits per heavy atom. The molecule has 5 rings (SSSR count). The number of urea groups is 1. The molecule has 36 heavy (non-hydrogen) atoms. The smallest absolute Gasteiger partial charge is 0.326 e. The summed E-state index contributed by atoms with van der Waals surface area (Å²) in [5.74, 6) is 0.456. The lowest BCUT2D eigenvalue weighted by atomic mass is 9.93. The van der Waals surface area contributed by atoms with Gasteiger partial charge in [0, 0.05) is 48.7 Å². The topological polar surface area (TPSA) is 77.5 Å². The predicted molar refractivity (Wildman–Crippen MR) is 142 cm³/mol. The van der Waals surface area contributed by atoms with Gasteiger partial charge in [0.2, 0.25) is 6.41 Å². The van der Waals surface area contributed by atoms with E-state index in [-0.39, 0.29) is 18.8 Å². The molecule has 9 heteroatoms. The standard InChI is InChI=1S/C27H28ClN5O3/c28-21-5-3-14-32(17-21)27(35)30-23-6-1-2-7-25(23)36-19-33(18-34)22-10-8-20(9-11-22)26(24-12-13-29-24)31-15-4-16-31/h1-3,5-11,14,18,26H,4,12-13,15-17,19H2,(H,30,35). The number of benzene rings is 2. The van der Waals surface area contributed by atoms with E-state index in [1.165, 1.54) is 27.5 Å². The van der Waals surface area contributed by atoms with E-state index >= 15 is 0 Å². The number of aliphatic imine (C=N–C) groups is 1. The molecule has 186 valence electrons. The number of ether oxygens (including phenoxy) is 1. The van der Waals surface area contributed by atoms with Crippen LogP contribution in [0, 0.1) is 0 Å². The second-order valence-electron chi connectivity index (χ2n) is 8.86. The Bertz CT molecular complexity index is 1210. The minimum absolute atomic E-state index is 0.00379. The normalized spacial score (nSPS) is 17.8. The maximum absolute atomic E-state index is 12.7. The fourth-order valence-electron chi connectivity index (χ4n) is 4.37. The van der Waals surface area contributed by atoms with E-state index < -0.39 is 0 Å². The van der Waals surface area contributed by atoms with E-state index in [9.17, 15) is 9.59 Å². The van der Waals surface area contributed by atoms with Crippen LogP contribution < -0.4 is 15.0 Å². The summed E-state index contributed by atoms with van der Waals surface area (Å²) in [6.45, 7) is 3.39. The molecule has 1 N–H and O–H groups in total. The molecule has 2 aromatic carbocycles. The van der Waals surface area contributed by atoms with Crippen LogP contribution in [0.2, 0.25) is 0 Å². The lowest BCUT2D eigenvalue weighted by Gasteiger charge is -2.41. The van der Waals surface area contributed by atoms with Crippen LogP contribution >= 0.6 is 11.6 Å². The van der Waals surface area contributed by atoms with E-state index in [1.807, 2.05) is 18.2 Å². The van der Waals surface area contributed by atoms with Gasteiger partial charge in [-0.2, -0.15) is 0 Å². The summed E-state index contributed by atoms with van der Waals surface area (Å²) in [5.41, 5.74) is 3.67. The van der Waals surface area contributed by atoms with Crippen molar-refractivity contribution in [3.8, 4) is 5.75 Å². The zero-order valence-corrected chi connectivity index (χ0v) is 20.6. The maximum atomic E-state index is 12.7. The van der Waals surface area contributed by atoms with E-state index in [1.54, 1.807) is 36.6 Å². The highest BCUT2D eigenvalue weighted by Gasteiger charge is 2.31.